The van der Waals surface area contributed by atoms with E-state index in [0.29, 0.717) is 25.8 Å². The molecular formula is C15H9Br3N2O5. The number of carbonyl (C=O) groups excluding carboxylic acids is 1. The van der Waals surface area contributed by atoms with Gasteiger partial charge in [-0.05, 0) is 39.7 Å². The van der Waals surface area contributed by atoms with Crippen molar-refractivity contribution in [3.8, 4) is 0 Å². The first-order chi connectivity index (χ1) is 11.7. The quantitative estimate of drug-likeness (QED) is 0.321. The molecule has 10 heteroatoms. The second-order valence-electron chi connectivity index (χ2n) is 4.81. The van der Waals surface area contributed by atoms with Crippen molar-refractivity contribution < 1.29 is 19.6 Å². The molecule has 2 rings (SSSR count). The first-order valence-corrected chi connectivity index (χ1v) is 9.12. The molecule has 7 nitrogen and oxygen atoms in total. The maximum absolute atomic E-state index is 12.3. The number of nitro benzene ring substituents is 1. The van der Waals surface area contributed by atoms with Gasteiger partial charge in [-0.1, -0.05) is 37.9 Å². The second kappa shape index (κ2) is 8.07. The Labute approximate surface area is 167 Å². The molecule has 130 valence electrons. The van der Waals surface area contributed by atoms with Gasteiger partial charge in [-0.2, -0.15) is 0 Å². The number of anilines is 1. The number of nitrogens with one attached hydrogen (secondary N) is 1. The van der Waals surface area contributed by atoms with Crippen molar-refractivity contribution >= 4 is 71.0 Å². The molecule has 0 bridgehead atoms. The number of carbonyl (C=O) groups is 2. The Morgan fingerprint density at radius 2 is 1.80 bits per heavy atom. The van der Waals surface area contributed by atoms with E-state index in [4.69, 9.17) is 5.11 Å². The first kappa shape index (κ1) is 19.5. The molecule has 0 aliphatic carbocycles. The van der Waals surface area contributed by atoms with E-state index in [9.17, 15) is 19.7 Å². The van der Waals surface area contributed by atoms with Crippen LogP contribution in [0.1, 0.15) is 20.7 Å². The molecule has 0 heterocycles. The van der Waals surface area contributed by atoms with Crippen molar-refractivity contribution in [1.29, 1.82) is 0 Å². The smallest absolute Gasteiger partial charge is 0.321 e. The van der Waals surface area contributed by atoms with E-state index in [1.807, 2.05) is 0 Å². The Kier molecular flexibility index (Phi) is 6.31. The molecule has 0 fully saturated rings. The number of halogens is 3. The fourth-order valence-corrected chi connectivity index (χ4v) is 3.70. The van der Waals surface area contributed by atoms with E-state index >= 15 is 0 Å². The van der Waals surface area contributed by atoms with Gasteiger partial charge in [0.1, 0.15) is 4.83 Å². The van der Waals surface area contributed by atoms with Crippen molar-refractivity contribution in [2.45, 2.75) is 4.83 Å². The minimum atomic E-state index is -1.05. The van der Waals surface area contributed by atoms with Gasteiger partial charge >= 0.3 is 5.97 Å². The van der Waals surface area contributed by atoms with E-state index in [2.05, 4.69) is 53.1 Å². The van der Waals surface area contributed by atoms with Gasteiger partial charge in [0.05, 0.1) is 10.6 Å². The Morgan fingerprint density at radius 1 is 1.12 bits per heavy atom. The fourth-order valence-electron chi connectivity index (χ4n) is 1.92. The van der Waals surface area contributed by atoms with Gasteiger partial charge in [0.2, 0.25) is 0 Å². The van der Waals surface area contributed by atoms with Crippen LogP contribution in [0.15, 0.2) is 45.3 Å². The minimum Gasteiger partial charge on any atom is -0.480 e. The number of non-ortho nitro benzene ring substituents is 1. The summed E-state index contributed by atoms with van der Waals surface area (Å²) in [4.78, 5) is 32.7. The summed E-state index contributed by atoms with van der Waals surface area (Å²) in [5.74, 6) is -1.49. The lowest BCUT2D eigenvalue weighted by molar-refractivity contribution is -0.384. The predicted octanol–water partition coefficient (Wildman–Crippen LogP) is 4.89. The standard InChI is InChI=1S/C15H9Br3N2O5/c16-10-5-7(1-3-9(10)13(18)15(22)23)14(21)19-12-4-2-8(20(24)25)6-11(12)17/h1-6,13H,(H,19,21)(H,22,23). The normalized spacial score (nSPS) is 11.6. The van der Waals surface area contributed by atoms with E-state index in [1.165, 1.54) is 36.4 Å². The van der Waals surface area contributed by atoms with Crippen molar-refractivity contribution in [3.05, 3.63) is 66.6 Å². The number of benzene rings is 2. The summed E-state index contributed by atoms with van der Waals surface area (Å²) < 4.78 is 0.837. The first-order valence-electron chi connectivity index (χ1n) is 6.62. The highest BCUT2D eigenvalue weighted by atomic mass is 79.9. The molecule has 0 radical (unpaired) electrons. The number of carboxylic acid groups (broad SMARTS) is 1. The molecule has 1 unspecified atom stereocenters. The Balaban J connectivity index is 2.23. The Morgan fingerprint density at radius 3 is 2.32 bits per heavy atom. The number of nitrogens with zero attached hydrogens (tertiary/aromatic N) is 1. The van der Waals surface area contributed by atoms with Gasteiger partial charge in [0.15, 0.2) is 0 Å². The van der Waals surface area contributed by atoms with Crippen LogP contribution in [0.25, 0.3) is 0 Å². The molecule has 0 aliphatic rings. The predicted molar refractivity (Wildman–Crippen MR) is 102 cm³/mol. The molecule has 1 atom stereocenters. The van der Waals surface area contributed by atoms with E-state index < -0.39 is 21.6 Å². The molecule has 2 N–H and O–H groups in total. The largest absolute Gasteiger partial charge is 0.480 e. The second-order valence-corrected chi connectivity index (χ2v) is 7.44. The van der Waals surface area contributed by atoms with Crippen LogP contribution in [0.5, 0.6) is 0 Å². The van der Waals surface area contributed by atoms with E-state index in [1.54, 1.807) is 0 Å². The van der Waals surface area contributed by atoms with Crippen molar-refractivity contribution in [1.82, 2.24) is 0 Å². The summed E-state index contributed by atoms with van der Waals surface area (Å²) in [6, 6.07) is 8.51. The van der Waals surface area contributed by atoms with Crippen molar-refractivity contribution in [2.75, 3.05) is 5.32 Å². The van der Waals surface area contributed by atoms with Gasteiger partial charge in [0, 0.05) is 26.6 Å². The van der Waals surface area contributed by atoms with Gasteiger partial charge in [-0.3, -0.25) is 19.7 Å². The number of rotatable bonds is 5. The summed E-state index contributed by atoms with van der Waals surface area (Å²) in [5, 5.41) is 22.4. The molecule has 0 saturated heterocycles. The monoisotopic (exact) mass is 534 g/mol. The maximum atomic E-state index is 12.3. The topological polar surface area (TPSA) is 110 Å². The zero-order valence-electron chi connectivity index (χ0n) is 12.2. The highest BCUT2D eigenvalue weighted by molar-refractivity contribution is 9.11. The molecule has 1 amide bonds. The van der Waals surface area contributed by atoms with Gasteiger partial charge in [-0.15, -0.1) is 0 Å². The average molecular weight is 537 g/mol. The zero-order chi connectivity index (χ0) is 18.7. The molecule has 0 aliphatic heterocycles. The zero-order valence-corrected chi connectivity index (χ0v) is 17.0. The number of nitro groups is 1. The number of hydrogen-bond acceptors (Lipinski definition) is 4. The van der Waals surface area contributed by atoms with Crippen molar-refractivity contribution in [3.63, 3.8) is 0 Å². The molecule has 25 heavy (non-hydrogen) atoms. The SMILES string of the molecule is O=C(Nc1ccc([N+](=O)[O-])cc1Br)c1ccc(C(Br)C(=O)O)c(Br)c1. The van der Waals surface area contributed by atoms with Gasteiger partial charge < -0.3 is 10.4 Å². The molecular weight excluding hydrogens is 528 g/mol. The fraction of sp³-hybridized carbons (Fsp3) is 0.0667. The molecule has 2 aromatic rings. The Bertz CT molecular complexity index is 872. The molecule has 2 aromatic carbocycles. The number of aliphatic carboxylic acids is 1. The highest BCUT2D eigenvalue weighted by Gasteiger charge is 2.20. The summed E-state index contributed by atoms with van der Waals surface area (Å²) >= 11 is 9.48. The molecule has 0 spiro atoms. The minimum absolute atomic E-state index is 0.103. The third-order valence-electron chi connectivity index (χ3n) is 3.16. The summed E-state index contributed by atoms with van der Waals surface area (Å²) in [5.41, 5.74) is 1.04. The third-order valence-corrected chi connectivity index (χ3v) is 5.39. The number of carboxylic acids is 1. The van der Waals surface area contributed by atoms with Crippen LogP contribution in [0.3, 0.4) is 0 Å². The highest BCUT2D eigenvalue weighted by Crippen LogP contribution is 2.31. The lowest BCUT2D eigenvalue weighted by Crippen LogP contribution is -2.13. The average Bonchev–Trinajstić information content (AvgIpc) is 2.55. The van der Waals surface area contributed by atoms with Crippen LogP contribution in [-0.2, 0) is 4.79 Å². The van der Waals surface area contributed by atoms with E-state index in [-0.39, 0.29) is 5.69 Å². The van der Waals surface area contributed by atoms with Crippen LogP contribution in [0.4, 0.5) is 11.4 Å². The van der Waals surface area contributed by atoms with E-state index in [0.717, 1.165) is 0 Å². The summed E-state index contributed by atoms with van der Waals surface area (Å²) in [6.45, 7) is 0. The van der Waals surface area contributed by atoms with Crippen molar-refractivity contribution in [2.24, 2.45) is 0 Å². The third kappa shape index (κ3) is 4.65. The van der Waals surface area contributed by atoms with Crippen LogP contribution in [0.2, 0.25) is 0 Å². The van der Waals surface area contributed by atoms with Crippen LogP contribution >= 0.6 is 47.8 Å². The van der Waals surface area contributed by atoms with Crippen LogP contribution in [-0.4, -0.2) is 21.9 Å². The molecule has 0 saturated carbocycles. The molecule has 0 aromatic heterocycles. The van der Waals surface area contributed by atoms with Crippen LogP contribution < -0.4 is 5.32 Å². The lowest BCUT2D eigenvalue weighted by atomic mass is 10.1. The maximum Gasteiger partial charge on any atom is 0.321 e. The summed E-state index contributed by atoms with van der Waals surface area (Å²) in [6.07, 6.45) is 0. The number of amides is 1. The number of hydrogen-bond donors (Lipinski definition) is 2. The lowest BCUT2D eigenvalue weighted by Gasteiger charge is -2.11. The summed E-state index contributed by atoms with van der Waals surface area (Å²) in [7, 11) is 0. The number of alkyl halides is 1. The Hall–Kier alpha value is -1.78. The van der Waals surface area contributed by atoms with Gasteiger partial charge in [-0.25, -0.2) is 0 Å². The van der Waals surface area contributed by atoms with Gasteiger partial charge in [0.25, 0.3) is 11.6 Å². The van der Waals surface area contributed by atoms with Crippen LogP contribution in [0, 0.1) is 10.1 Å².